The van der Waals surface area contributed by atoms with Gasteiger partial charge in [0, 0.05) is 5.56 Å². The summed E-state index contributed by atoms with van der Waals surface area (Å²) in [7, 11) is 0. The van der Waals surface area contributed by atoms with Crippen molar-refractivity contribution in [3.05, 3.63) is 54.1 Å². The molecule has 0 radical (unpaired) electrons. The first-order chi connectivity index (χ1) is 8.38. The van der Waals surface area contributed by atoms with Crippen LogP contribution in [0.15, 0.2) is 53.1 Å². The molecule has 0 atom stereocenters. The standard InChI is InChI=1S/C14H11NO2/c16-9-10-6-7-13-12(8-10)14(17-15-13)11-4-2-1-3-5-11/h1-8,16H,9H2. The van der Waals surface area contributed by atoms with E-state index in [9.17, 15) is 0 Å². The molecule has 0 unspecified atom stereocenters. The van der Waals surface area contributed by atoms with E-state index in [0.29, 0.717) is 0 Å². The van der Waals surface area contributed by atoms with Crippen molar-refractivity contribution in [3.8, 4) is 11.3 Å². The third-order valence-corrected chi connectivity index (χ3v) is 2.76. The Labute approximate surface area is 98.3 Å². The first kappa shape index (κ1) is 10.1. The van der Waals surface area contributed by atoms with Gasteiger partial charge >= 0.3 is 0 Å². The average molecular weight is 225 g/mol. The van der Waals surface area contributed by atoms with Crippen LogP contribution in [0.25, 0.3) is 22.2 Å². The minimum Gasteiger partial charge on any atom is -0.392 e. The second-order valence-corrected chi connectivity index (χ2v) is 3.89. The minimum absolute atomic E-state index is 0.0232. The van der Waals surface area contributed by atoms with Crippen LogP contribution in [0, 0.1) is 0 Å². The zero-order valence-electron chi connectivity index (χ0n) is 9.13. The molecule has 17 heavy (non-hydrogen) atoms. The molecule has 2 aromatic carbocycles. The Bertz CT molecular complexity index is 644. The summed E-state index contributed by atoms with van der Waals surface area (Å²) in [6, 6.07) is 15.4. The Morgan fingerprint density at radius 3 is 2.65 bits per heavy atom. The van der Waals surface area contributed by atoms with Crippen LogP contribution in [0.4, 0.5) is 0 Å². The fraction of sp³-hybridized carbons (Fsp3) is 0.0714. The summed E-state index contributed by atoms with van der Waals surface area (Å²) in [5.74, 6) is 0.746. The molecule has 3 aromatic rings. The molecule has 1 N–H and O–H groups in total. The van der Waals surface area contributed by atoms with Gasteiger partial charge in [-0.25, -0.2) is 0 Å². The van der Waals surface area contributed by atoms with Crippen molar-refractivity contribution in [2.45, 2.75) is 6.61 Å². The molecule has 0 amide bonds. The van der Waals surface area contributed by atoms with Gasteiger partial charge in [0.25, 0.3) is 0 Å². The van der Waals surface area contributed by atoms with Crippen molar-refractivity contribution in [2.75, 3.05) is 0 Å². The number of nitrogens with zero attached hydrogens (tertiary/aromatic N) is 1. The lowest BCUT2D eigenvalue weighted by atomic mass is 10.1. The molecule has 0 spiro atoms. The molecule has 0 saturated carbocycles. The number of hydrogen-bond acceptors (Lipinski definition) is 3. The van der Waals surface area contributed by atoms with Crippen LogP contribution < -0.4 is 0 Å². The van der Waals surface area contributed by atoms with Crippen molar-refractivity contribution in [1.82, 2.24) is 5.16 Å². The van der Waals surface area contributed by atoms with Crippen LogP contribution in [-0.4, -0.2) is 10.3 Å². The van der Waals surface area contributed by atoms with Crippen LogP contribution in [0.1, 0.15) is 5.56 Å². The summed E-state index contributed by atoms with van der Waals surface area (Å²) in [6.45, 7) is 0.0232. The van der Waals surface area contributed by atoms with Gasteiger partial charge in [0.1, 0.15) is 5.52 Å². The van der Waals surface area contributed by atoms with Gasteiger partial charge in [-0.15, -0.1) is 0 Å². The van der Waals surface area contributed by atoms with Gasteiger partial charge in [0.15, 0.2) is 5.76 Å². The van der Waals surface area contributed by atoms with Gasteiger partial charge in [0.05, 0.1) is 12.0 Å². The van der Waals surface area contributed by atoms with Gasteiger partial charge < -0.3 is 9.63 Å². The number of hydrogen-bond donors (Lipinski definition) is 1. The summed E-state index contributed by atoms with van der Waals surface area (Å²) in [4.78, 5) is 0. The molecular weight excluding hydrogens is 214 g/mol. The largest absolute Gasteiger partial charge is 0.392 e. The van der Waals surface area contributed by atoms with Gasteiger partial charge in [-0.3, -0.25) is 0 Å². The van der Waals surface area contributed by atoms with Gasteiger partial charge in [-0.2, -0.15) is 0 Å². The first-order valence-electron chi connectivity index (χ1n) is 5.43. The van der Waals surface area contributed by atoms with Crippen LogP contribution >= 0.6 is 0 Å². The van der Waals surface area contributed by atoms with E-state index in [1.807, 2.05) is 48.5 Å². The van der Waals surface area contributed by atoms with Gasteiger partial charge in [-0.1, -0.05) is 41.6 Å². The van der Waals surface area contributed by atoms with Crippen molar-refractivity contribution in [1.29, 1.82) is 0 Å². The predicted molar refractivity (Wildman–Crippen MR) is 65.4 cm³/mol. The minimum atomic E-state index is 0.0232. The number of aliphatic hydroxyl groups is 1. The third-order valence-electron chi connectivity index (χ3n) is 2.76. The Morgan fingerprint density at radius 2 is 1.88 bits per heavy atom. The smallest absolute Gasteiger partial charge is 0.174 e. The lowest BCUT2D eigenvalue weighted by molar-refractivity contribution is 0.282. The molecule has 0 aliphatic rings. The van der Waals surface area contributed by atoms with Crippen LogP contribution in [0.2, 0.25) is 0 Å². The van der Waals surface area contributed by atoms with Crippen molar-refractivity contribution in [2.24, 2.45) is 0 Å². The highest BCUT2D eigenvalue weighted by Crippen LogP contribution is 2.29. The fourth-order valence-corrected chi connectivity index (χ4v) is 1.88. The Kier molecular flexibility index (Phi) is 2.38. The summed E-state index contributed by atoms with van der Waals surface area (Å²) in [5.41, 5.74) is 2.66. The number of aliphatic hydroxyl groups excluding tert-OH is 1. The highest BCUT2D eigenvalue weighted by molar-refractivity contribution is 5.91. The van der Waals surface area contributed by atoms with E-state index in [1.54, 1.807) is 0 Å². The second kappa shape index (κ2) is 4.03. The van der Waals surface area contributed by atoms with E-state index in [2.05, 4.69) is 5.16 Å². The van der Waals surface area contributed by atoms with E-state index in [1.165, 1.54) is 0 Å². The molecule has 3 heteroatoms. The number of rotatable bonds is 2. The van der Waals surface area contributed by atoms with Crippen molar-refractivity contribution in [3.63, 3.8) is 0 Å². The number of aromatic nitrogens is 1. The highest BCUT2D eigenvalue weighted by Gasteiger charge is 2.10. The van der Waals surface area contributed by atoms with Crippen molar-refractivity contribution < 1.29 is 9.63 Å². The molecule has 0 aliphatic heterocycles. The molecular formula is C14H11NO2. The van der Waals surface area contributed by atoms with Crippen LogP contribution in [0.5, 0.6) is 0 Å². The first-order valence-corrected chi connectivity index (χ1v) is 5.43. The molecule has 0 bridgehead atoms. The maximum absolute atomic E-state index is 9.15. The Hall–Kier alpha value is -2.13. The number of fused-ring (bicyclic) bond motifs is 1. The zero-order valence-corrected chi connectivity index (χ0v) is 9.13. The van der Waals surface area contributed by atoms with E-state index >= 15 is 0 Å². The molecule has 1 aromatic heterocycles. The molecule has 84 valence electrons. The lowest BCUT2D eigenvalue weighted by Crippen LogP contribution is -1.82. The average Bonchev–Trinajstić information content (AvgIpc) is 2.82. The van der Waals surface area contributed by atoms with E-state index in [-0.39, 0.29) is 6.61 Å². The fourth-order valence-electron chi connectivity index (χ4n) is 1.88. The summed E-state index contributed by atoms with van der Waals surface area (Å²) in [6.07, 6.45) is 0. The van der Waals surface area contributed by atoms with Gasteiger partial charge in [0.2, 0.25) is 0 Å². The molecule has 3 nitrogen and oxygen atoms in total. The molecule has 0 saturated heterocycles. The van der Waals surface area contributed by atoms with E-state index < -0.39 is 0 Å². The SMILES string of the molecule is OCc1ccc2noc(-c3ccccc3)c2c1. The van der Waals surface area contributed by atoms with Crippen LogP contribution in [0.3, 0.4) is 0 Å². The Balaban J connectivity index is 2.23. The molecule has 0 fully saturated rings. The zero-order chi connectivity index (χ0) is 11.7. The van der Waals surface area contributed by atoms with E-state index in [0.717, 1.165) is 27.8 Å². The summed E-state index contributed by atoms with van der Waals surface area (Å²) >= 11 is 0. The number of benzene rings is 2. The second-order valence-electron chi connectivity index (χ2n) is 3.89. The predicted octanol–water partition coefficient (Wildman–Crippen LogP) is 2.99. The monoisotopic (exact) mass is 225 g/mol. The molecule has 1 heterocycles. The maximum atomic E-state index is 9.15. The highest BCUT2D eigenvalue weighted by atomic mass is 16.5. The normalized spacial score (nSPS) is 10.9. The lowest BCUT2D eigenvalue weighted by Gasteiger charge is -1.97. The molecule has 3 rings (SSSR count). The summed E-state index contributed by atoms with van der Waals surface area (Å²) in [5, 5.41) is 14.1. The van der Waals surface area contributed by atoms with E-state index in [4.69, 9.17) is 9.63 Å². The topological polar surface area (TPSA) is 46.3 Å². The van der Waals surface area contributed by atoms with Crippen LogP contribution in [-0.2, 0) is 6.61 Å². The maximum Gasteiger partial charge on any atom is 0.174 e. The summed E-state index contributed by atoms with van der Waals surface area (Å²) < 4.78 is 5.37. The quantitative estimate of drug-likeness (QED) is 0.729. The third kappa shape index (κ3) is 1.70. The van der Waals surface area contributed by atoms with Gasteiger partial charge in [-0.05, 0) is 17.7 Å². The van der Waals surface area contributed by atoms with Crippen molar-refractivity contribution >= 4 is 10.9 Å². The Morgan fingerprint density at radius 1 is 1.06 bits per heavy atom. The molecule has 0 aliphatic carbocycles.